The fourth-order valence-electron chi connectivity index (χ4n) is 2.66. The summed E-state index contributed by atoms with van der Waals surface area (Å²) >= 11 is 0. The molecule has 22 heavy (non-hydrogen) atoms. The van der Waals surface area contributed by atoms with E-state index in [0.29, 0.717) is 12.1 Å². The van der Waals surface area contributed by atoms with Gasteiger partial charge in [0.15, 0.2) is 0 Å². The molecule has 0 aliphatic carbocycles. The third kappa shape index (κ3) is 2.33. The Hall–Kier alpha value is -2.73. The molecule has 1 aliphatic rings. The Balaban J connectivity index is 2.07. The summed E-state index contributed by atoms with van der Waals surface area (Å²) in [5.41, 5.74) is 14.4. The molecule has 3 rings (SSSR count). The highest BCUT2D eigenvalue weighted by Gasteiger charge is 2.30. The van der Waals surface area contributed by atoms with Gasteiger partial charge in [-0.05, 0) is 47.4 Å². The van der Waals surface area contributed by atoms with Gasteiger partial charge < -0.3 is 11.5 Å². The van der Waals surface area contributed by atoms with Crippen LogP contribution in [0.15, 0.2) is 42.5 Å². The average Bonchev–Trinajstić information content (AvgIpc) is 2.48. The topological polar surface area (TPSA) is 96.2 Å². The molecule has 0 radical (unpaired) electrons. The number of anilines is 1. The highest BCUT2D eigenvalue weighted by atomic mass is 19.1. The van der Waals surface area contributed by atoms with Crippen LogP contribution in [0, 0.1) is 11.2 Å². The van der Waals surface area contributed by atoms with E-state index < -0.39 is 12.1 Å². The van der Waals surface area contributed by atoms with Gasteiger partial charge in [0.2, 0.25) is 0 Å². The Bertz CT molecular complexity index is 757. The van der Waals surface area contributed by atoms with Crippen molar-refractivity contribution in [2.75, 3.05) is 4.90 Å². The first-order valence-electron chi connectivity index (χ1n) is 6.80. The molecule has 0 saturated heterocycles. The van der Waals surface area contributed by atoms with E-state index in [2.05, 4.69) is 0 Å². The number of carbonyl (C=O) groups is 1. The van der Waals surface area contributed by atoms with Gasteiger partial charge in [0.25, 0.3) is 0 Å². The van der Waals surface area contributed by atoms with Gasteiger partial charge in [0, 0.05) is 0 Å². The number of nitrogens with two attached hydrogens (primary N) is 2. The van der Waals surface area contributed by atoms with Gasteiger partial charge in [-0.15, -0.1) is 0 Å². The van der Waals surface area contributed by atoms with Crippen molar-refractivity contribution in [3.05, 3.63) is 53.8 Å². The van der Waals surface area contributed by atoms with Gasteiger partial charge in [-0.2, -0.15) is 0 Å². The Morgan fingerprint density at radius 1 is 1.18 bits per heavy atom. The van der Waals surface area contributed by atoms with Crippen molar-refractivity contribution in [1.29, 1.82) is 5.41 Å². The minimum atomic E-state index is -0.726. The fraction of sp³-hybridized carbons (Fsp3) is 0.125. The van der Waals surface area contributed by atoms with Crippen molar-refractivity contribution in [1.82, 2.24) is 0 Å². The number of hydrogen-bond donors (Lipinski definition) is 3. The van der Waals surface area contributed by atoms with Crippen LogP contribution in [0.1, 0.15) is 5.56 Å². The molecule has 0 saturated carbocycles. The van der Waals surface area contributed by atoms with Crippen LogP contribution in [0.25, 0.3) is 11.1 Å². The molecule has 5 N–H and O–H groups in total. The van der Waals surface area contributed by atoms with E-state index >= 15 is 0 Å². The lowest BCUT2D eigenvalue weighted by molar-refractivity contribution is 0.256. The summed E-state index contributed by atoms with van der Waals surface area (Å²) in [4.78, 5) is 12.7. The zero-order chi connectivity index (χ0) is 15.9. The van der Waals surface area contributed by atoms with Crippen LogP contribution in [0.2, 0.25) is 0 Å². The van der Waals surface area contributed by atoms with Crippen molar-refractivity contribution in [2.24, 2.45) is 11.5 Å². The molecule has 0 aromatic heterocycles. The molecular weight excluding hydrogens is 283 g/mol. The number of urea groups is 1. The monoisotopic (exact) mass is 298 g/mol. The van der Waals surface area contributed by atoms with Crippen LogP contribution >= 0.6 is 0 Å². The number of amides is 2. The maximum absolute atomic E-state index is 13.0. The quantitative estimate of drug-likeness (QED) is 0.752. The zero-order valence-electron chi connectivity index (χ0n) is 11.7. The van der Waals surface area contributed by atoms with Gasteiger partial charge in [0.05, 0.1) is 11.7 Å². The first-order valence-corrected chi connectivity index (χ1v) is 6.80. The van der Waals surface area contributed by atoms with E-state index in [1.807, 2.05) is 12.1 Å². The van der Waals surface area contributed by atoms with Crippen molar-refractivity contribution < 1.29 is 9.18 Å². The molecule has 6 heteroatoms. The maximum atomic E-state index is 13.0. The Morgan fingerprint density at radius 3 is 2.45 bits per heavy atom. The summed E-state index contributed by atoms with van der Waals surface area (Å²) in [5, 5.41) is 7.91. The number of halogens is 1. The summed E-state index contributed by atoms with van der Waals surface area (Å²) in [6.45, 7) is 0. The summed E-state index contributed by atoms with van der Waals surface area (Å²) in [6.07, 6.45) is 0.451. The van der Waals surface area contributed by atoms with Crippen molar-refractivity contribution in [3.63, 3.8) is 0 Å². The molecule has 1 unspecified atom stereocenters. The number of hydrogen-bond acceptors (Lipinski definition) is 3. The Morgan fingerprint density at radius 2 is 1.82 bits per heavy atom. The zero-order valence-corrected chi connectivity index (χ0v) is 11.7. The van der Waals surface area contributed by atoms with Gasteiger partial charge in [-0.3, -0.25) is 5.41 Å². The van der Waals surface area contributed by atoms with E-state index in [9.17, 15) is 9.18 Å². The number of nitrogens with zero attached hydrogens (tertiary/aromatic N) is 1. The van der Waals surface area contributed by atoms with Gasteiger partial charge >= 0.3 is 6.03 Å². The number of fused-ring (bicyclic) bond motifs is 1. The van der Waals surface area contributed by atoms with Crippen LogP contribution in [-0.2, 0) is 6.42 Å². The van der Waals surface area contributed by atoms with E-state index in [-0.39, 0.29) is 11.7 Å². The molecule has 2 aromatic carbocycles. The fourth-order valence-corrected chi connectivity index (χ4v) is 2.66. The second-order valence-corrected chi connectivity index (χ2v) is 5.22. The maximum Gasteiger partial charge on any atom is 0.324 e. The molecule has 2 amide bonds. The molecule has 112 valence electrons. The van der Waals surface area contributed by atoms with Gasteiger partial charge in [0.1, 0.15) is 11.7 Å². The Kier molecular flexibility index (Phi) is 3.38. The van der Waals surface area contributed by atoms with Crippen LogP contribution in [0.4, 0.5) is 14.9 Å². The SMILES string of the molecule is N=C1C(N)Cc2cc(-c3ccc(F)cc3)ccc2N1C(N)=O. The lowest BCUT2D eigenvalue weighted by Gasteiger charge is -2.32. The molecule has 1 aliphatic heterocycles. The standard InChI is InChI=1S/C16H15FN4O/c17-12-4-1-9(2-5-12)10-3-6-14-11(7-10)8-13(18)15(19)21(14)16(20)22/h1-7,13,19H,8,18H2,(H2,20,22). The number of amidine groups is 1. The average molecular weight is 298 g/mol. The molecule has 0 spiro atoms. The number of rotatable bonds is 1. The minimum Gasteiger partial charge on any atom is -0.351 e. The first-order chi connectivity index (χ1) is 10.5. The molecule has 1 atom stereocenters. The van der Waals surface area contributed by atoms with E-state index in [4.69, 9.17) is 16.9 Å². The Labute approximate surface area is 126 Å². The number of benzene rings is 2. The first kappa shape index (κ1) is 14.2. The van der Waals surface area contributed by atoms with Crippen LogP contribution in [0.3, 0.4) is 0 Å². The van der Waals surface area contributed by atoms with E-state index in [1.165, 1.54) is 12.1 Å². The smallest absolute Gasteiger partial charge is 0.324 e. The third-order valence-electron chi connectivity index (χ3n) is 3.75. The van der Waals surface area contributed by atoms with Crippen molar-refractivity contribution in [3.8, 4) is 11.1 Å². The lowest BCUT2D eigenvalue weighted by Crippen LogP contribution is -2.52. The van der Waals surface area contributed by atoms with Crippen molar-refractivity contribution in [2.45, 2.75) is 12.5 Å². The molecular formula is C16H15FN4O. The predicted octanol–water partition coefficient (Wildman–Crippen LogP) is 2.24. The number of carbonyl (C=O) groups excluding carboxylic acids is 1. The predicted molar refractivity (Wildman–Crippen MR) is 83.3 cm³/mol. The molecule has 2 aromatic rings. The number of primary amides is 1. The molecule has 0 bridgehead atoms. The highest BCUT2D eigenvalue weighted by molar-refractivity contribution is 6.18. The summed E-state index contributed by atoms with van der Waals surface area (Å²) in [7, 11) is 0. The van der Waals surface area contributed by atoms with Gasteiger partial charge in [-0.1, -0.05) is 18.2 Å². The summed E-state index contributed by atoms with van der Waals surface area (Å²) in [6, 6.07) is 10.3. The van der Waals surface area contributed by atoms with E-state index in [0.717, 1.165) is 21.6 Å². The largest absolute Gasteiger partial charge is 0.351 e. The summed E-state index contributed by atoms with van der Waals surface area (Å²) in [5.74, 6) is -0.299. The van der Waals surface area contributed by atoms with Crippen LogP contribution < -0.4 is 16.4 Å². The summed E-state index contributed by atoms with van der Waals surface area (Å²) < 4.78 is 13.0. The van der Waals surface area contributed by atoms with Crippen LogP contribution in [-0.4, -0.2) is 17.9 Å². The second kappa shape index (κ2) is 5.23. The van der Waals surface area contributed by atoms with E-state index in [1.54, 1.807) is 18.2 Å². The minimum absolute atomic E-state index is 0.00506. The highest BCUT2D eigenvalue weighted by Crippen LogP contribution is 2.32. The lowest BCUT2D eigenvalue weighted by atomic mass is 9.93. The van der Waals surface area contributed by atoms with Crippen LogP contribution in [0.5, 0.6) is 0 Å². The third-order valence-corrected chi connectivity index (χ3v) is 3.75. The molecule has 0 fully saturated rings. The molecule has 1 heterocycles. The normalized spacial score (nSPS) is 17.3. The van der Waals surface area contributed by atoms with Crippen molar-refractivity contribution >= 4 is 17.6 Å². The second-order valence-electron chi connectivity index (χ2n) is 5.22. The van der Waals surface area contributed by atoms with Gasteiger partial charge in [-0.25, -0.2) is 14.1 Å². The number of nitrogens with one attached hydrogen (secondary N) is 1. The molecule has 5 nitrogen and oxygen atoms in total.